The lowest BCUT2D eigenvalue weighted by Crippen LogP contribution is -2.15. The van der Waals surface area contributed by atoms with Gasteiger partial charge in [0.1, 0.15) is 19.8 Å². The van der Waals surface area contributed by atoms with Crippen LogP contribution in [-0.2, 0) is 28.6 Å². The zero-order valence-electron chi connectivity index (χ0n) is 16.2. The van der Waals surface area contributed by atoms with Crippen molar-refractivity contribution in [2.24, 2.45) is 0 Å². The number of anilines is 1. The molecule has 1 rings (SSSR count). The normalized spacial score (nSPS) is 9.87. The van der Waals surface area contributed by atoms with Gasteiger partial charge in [0.2, 0.25) is 5.95 Å². The first-order valence-electron chi connectivity index (χ1n) is 8.61. The number of nitrogens with zero attached hydrogens (tertiary/aromatic N) is 3. The van der Waals surface area contributed by atoms with Crippen LogP contribution < -0.4 is 5.32 Å². The van der Waals surface area contributed by atoms with Gasteiger partial charge in [-0.05, 0) is 0 Å². The summed E-state index contributed by atoms with van der Waals surface area (Å²) in [4.78, 5) is 46.1. The summed E-state index contributed by atoms with van der Waals surface area (Å²) in [5.74, 6) is -0.387. The Morgan fingerprint density at radius 3 is 1.63 bits per heavy atom. The number of ether oxygens (including phenoxy) is 3. The van der Waals surface area contributed by atoms with Gasteiger partial charge in [0.15, 0.2) is 10.3 Å². The van der Waals surface area contributed by atoms with Crippen molar-refractivity contribution >= 4 is 47.4 Å². The van der Waals surface area contributed by atoms with Gasteiger partial charge in [-0.2, -0.15) is 15.0 Å². The summed E-state index contributed by atoms with van der Waals surface area (Å²) in [6.45, 7) is 10.7. The van der Waals surface area contributed by atoms with Gasteiger partial charge in [-0.25, -0.2) is 14.4 Å². The first-order chi connectivity index (χ1) is 14.5. The Hall–Kier alpha value is -2.86. The Kier molecular flexibility index (Phi) is 12.6. The molecule has 10 nitrogen and oxygen atoms in total. The highest BCUT2D eigenvalue weighted by Gasteiger charge is 2.09. The Morgan fingerprint density at radius 1 is 0.767 bits per heavy atom. The molecule has 0 aliphatic carbocycles. The molecule has 1 N–H and O–H groups in total. The van der Waals surface area contributed by atoms with E-state index < -0.39 is 17.9 Å². The van der Waals surface area contributed by atoms with E-state index in [4.69, 9.17) is 14.2 Å². The lowest BCUT2D eigenvalue weighted by Gasteiger charge is -2.09. The van der Waals surface area contributed by atoms with Crippen molar-refractivity contribution in [2.45, 2.75) is 10.3 Å². The van der Waals surface area contributed by atoms with Crippen LogP contribution in [0.1, 0.15) is 0 Å². The van der Waals surface area contributed by atoms with E-state index in [-0.39, 0.29) is 32.3 Å². The fourth-order valence-corrected chi connectivity index (χ4v) is 2.95. The Morgan fingerprint density at radius 2 is 1.20 bits per heavy atom. The number of carbonyl (C=O) groups is 3. The molecule has 0 amide bonds. The molecule has 1 aromatic rings. The molecule has 0 saturated heterocycles. The average molecular weight is 455 g/mol. The molecule has 0 bridgehead atoms. The molecule has 0 atom stereocenters. The molecule has 0 radical (unpaired) electrons. The molecule has 0 spiro atoms. The lowest BCUT2D eigenvalue weighted by atomic mass is 10.6. The van der Waals surface area contributed by atoms with E-state index in [1.165, 1.54) is 23.5 Å². The summed E-state index contributed by atoms with van der Waals surface area (Å²) in [6.07, 6.45) is 3.25. The predicted octanol–water partition coefficient (Wildman–Crippen LogP) is 1.66. The van der Waals surface area contributed by atoms with E-state index in [2.05, 4.69) is 40.0 Å². The summed E-state index contributed by atoms with van der Waals surface area (Å²) >= 11 is 2.54. The van der Waals surface area contributed by atoms with Gasteiger partial charge in [0.25, 0.3) is 0 Å². The van der Waals surface area contributed by atoms with E-state index in [1.807, 2.05) is 0 Å². The van der Waals surface area contributed by atoms with E-state index in [0.29, 0.717) is 21.8 Å². The maximum absolute atomic E-state index is 11.1. The predicted molar refractivity (Wildman–Crippen MR) is 113 cm³/mol. The highest BCUT2D eigenvalue weighted by molar-refractivity contribution is 7.99. The van der Waals surface area contributed by atoms with Crippen molar-refractivity contribution in [3.05, 3.63) is 38.0 Å². The van der Waals surface area contributed by atoms with Gasteiger partial charge in [-0.15, -0.1) is 0 Å². The van der Waals surface area contributed by atoms with Crippen LogP contribution in [-0.4, -0.2) is 70.7 Å². The van der Waals surface area contributed by atoms with Gasteiger partial charge >= 0.3 is 17.9 Å². The van der Waals surface area contributed by atoms with E-state index in [1.54, 1.807) is 0 Å². The summed E-state index contributed by atoms with van der Waals surface area (Å²) in [7, 11) is 0. The van der Waals surface area contributed by atoms with Crippen LogP contribution in [0.3, 0.4) is 0 Å². The quantitative estimate of drug-likeness (QED) is 0.136. The minimum Gasteiger partial charge on any atom is -0.462 e. The van der Waals surface area contributed by atoms with Gasteiger partial charge in [-0.3, -0.25) is 0 Å². The molecule has 0 aliphatic rings. The van der Waals surface area contributed by atoms with Gasteiger partial charge < -0.3 is 19.5 Å². The number of carbonyl (C=O) groups excluding carboxylic acids is 3. The maximum atomic E-state index is 11.1. The molecule has 0 fully saturated rings. The molecule has 0 aromatic carbocycles. The Labute approximate surface area is 182 Å². The molecular formula is C18H22N4O6S2. The van der Waals surface area contributed by atoms with Gasteiger partial charge in [0.05, 0.1) is 6.54 Å². The maximum Gasteiger partial charge on any atom is 0.330 e. The van der Waals surface area contributed by atoms with Crippen LogP contribution in [0.5, 0.6) is 0 Å². The largest absolute Gasteiger partial charge is 0.462 e. The third-order valence-electron chi connectivity index (χ3n) is 2.84. The Balaban J connectivity index is 2.65. The first kappa shape index (κ1) is 25.2. The summed E-state index contributed by atoms with van der Waals surface area (Å²) < 4.78 is 14.7. The Bertz CT molecular complexity index is 663. The molecule has 1 aromatic heterocycles. The van der Waals surface area contributed by atoms with Crippen LogP contribution >= 0.6 is 23.5 Å². The second kappa shape index (κ2) is 15.0. The topological polar surface area (TPSA) is 130 Å². The van der Waals surface area contributed by atoms with Gasteiger partial charge in [-0.1, -0.05) is 43.3 Å². The van der Waals surface area contributed by atoms with Crippen LogP contribution in [0.25, 0.3) is 0 Å². The summed E-state index contributed by atoms with van der Waals surface area (Å²) in [6, 6.07) is 0. The first-order valence-corrected chi connectivity index (χ1v) is 10.6. The minimum absolute atomic E-state index is 0.108. The second-order valence-corrected chi connectivity index (χ2v) is 7.09. The number of hydrogen-bond acceptors (Lipinski definition) is 12. The smallest absolute Gasteiger partial charge is 0.330 e. The average Bonchev–Trinajstić information content (AvgIpc) is 2.76. The summed E-state index contributed by atoms with van der Waals surface area (Å²) in [5, 5.41) is 3.77. The molecule has 0 aliphatic heterocycles. The number of nitrogens with one attached hydrogen (secondary N) is 1. The fourth-order valence-electron chi connectivity index (χ4n) is 1.59. The number of thioether (sulfide) groups is 2. The number of rotatable bonds is 15. The molecule has 0 saturated carbocycles. The molecule has 12 heteroatoms. The molecular weight excluding hydrogens is 432 g/mol. The van der Waals surface area contributed by atoms with Crippen molar-refractivity contribution < 1.29 is 28.6 Å². The van der Waals surface area contributed by atoms with Crippen molar-refractivity contribution in [3.63, 3.8) is 0 Å². The molecule has 0 unspecified atom stereocenters. The van der Waals surface area contributed by atoms with Crippen molar-refractivity contribution in [3.8, 4) is 0 Å². The molecule has 162 valence electrons. The summed E-state index contributed by atoms with van der Waals surface area (Å²) in [5.41, 5.74) is 0. The third-order valence-corrected chi connectivity index (χ3v) is 4.46. The van der Waals surface area contributed by atoms with Crippen LogP contribution in [0, 0.1) is 0 Å². The monoisotopic (exact) mass is 454 g/mol. The van der Waals surface area contributed by atoms with E-state index in [0.717, 1.165) is 18.2 Å². The third kappa shape index (κ3) is 11.2. The number of hydrogen-bond donors (Lipinski definition) is 1. The van der Waals surface area contributed by atoms with Crippen molar-refractivity contribution in [2.75, 3.05) is 43.2 Å². The zero-order chi connectivity index (χ0) is 22.2. The van der Waals surface area contributed by atoms with Crippen LogP contribution in [0.4, 0.5) is 5.95 Å². The number of esters is 3. The van der Waals surface area contributed by atoms with E-state index in [9.17, 15) is 14.4 Å². The minimum atomic E-state index is -0.525. The molecule has 1 heterocycles. The lowest BCUT2D eigenvalue weighted by molar-refractivity contribution is -0.138. The zero-order valence-corrected chi connectivity index (χ0v) is 17.8. The second-order valence-electron chi connectivity index (χ2n) is 4.96. The highest BCUT2D eigenvalue weighted by Crippen LogP contribution is 2.20. The van der Waals surface area contributed by atoms with Gasteiger partial charge in [0, 0.05) is 29.7 Å². The number of aromatic nitrogens is 3. The van der Waals surface area contributed by atoms with Crippen molar-refractivity contribution in [1.82, 2.24) is 15.0 Å². The van der Waals surface area contributed by atoms with Crippen LogP contribution in [0.2, 0.25) is 0 Å². The molecule has 30 heavy (non-hydrogen) atoms. The van der Waals surface area contributed by atoms with Crippen molar-refractivity contribution in [1.29, 1.82) is 0 Å². The SMILES string of the molecule is C=CC(=O)OCCNc1nc(SCCOC(=O)C=C)nc(SCCOC(=O)C=C)n1. The van der Waals surface area contributed by atoms with E-state index >= 15 is 0 Å². The highest BCUT2D eigenvalue weighted by atomic mass is 32.2. The fraction of sp³-hybridized carbons (Fsp3) is 0.333. The van der Waals surface area contributed by atoms with Crippen LogP contribution in [0.15, 0.2) is 48.3 Å². The standard InChI is InChI=1S/C18H22N4O6S2/c1-4-13(23)26-8-7-19-16-20-17(29-11-9-27-14(24)5-2)22-18(21-16)30-12-10-28-15(25)6-3/h4-6H,1-3,7-12H2,(H,19,20,21,22).